The molecule has 0 spiro atoms. The lowest BCUT2D eigenvalue weighted by molar-refractivity contribution is -0.267. The van der Waals surface area contributed by atoms with Gasteiger partial charge in [-0.15, -0.1) is 0 Å². The Morgan fingerprint density at radius 2 is 1.43 bits per heavy atom. The Bertz CT molecular complexity index is 276. The van der Waals surface area contributed by atoms with Crippen LogP contribution in [-0.4, -0.2) is 18.4 Å². The molecule has 1 atom stereocenters. The van der Waals surface area contributed by atoms with Gasteiger partial charge in [-0.2, -0.15) is 4.89 Å². The Hall–Kier alpha value is -0.900. The summed E-state index contributed by atoms with van der Waals surface area (Å²) in [4.78, 5) is 32.3. The molecule has 0 N–H and O–H groups in total. The third kappa shape index (κ3) is 10.5. The van der Waals surface area contributed by atoms with E-state index < -0.39 is 11.8 Å². The van der Waals surface area contributed by atoms with Gasteiger partial charge in [0.1, 0.15) is 0 Å². The quantitative estimate of drug-likeness (QED) is 0.203. The maximum Gasteiger partial charge on any atom is 0.408 e. The molecule has 0 rings (SSSR count). The fourth-order valence-corrected chi connectivity index (χ4v) is 2.37. The number of hydrogen-bond acceptors (Lipinski definition) is 4. The zero-order valence-electron chi connectivity index (χ0n) is 14.0. The van der Waals surface area contributed by atoms with Gasteiger partial charge in [0, 0.05) is 5.92 Å². The van der Waals surface area contributed by atoms with Crippen LogP contribution in [0.25, 0.3) is 0 Å². The lowest BCUT2D eigenvalue weighted by atomic mass is 9.94. The molecule has 0 bridgehead atoms. The summed E-state index contributed by atoms with van der Waals surface area (Å²) in [5.74, 6) is -1.53. The van der Waals surface area contributed by atoms with Gasteiger partial charge in [0.15, 0.2) is 0 Å². The first-order valence-corrected chi connectivity index (χ1v) is 8.54. The highest BCUT2D eigenvalue weighted by Crippen LogP contribution is 2.17. The second kappa shape index (κ2) is 14.1. The van der Waals surface area contributed by atoms with Crippen molar-refractivity contribution in [1.82, 2.24) is 0 Å². The van der Waals surface area contributed by atoms with Gasteiger partial charge >= 0.3 is 5.97 Å². The molecule has 0 fully saturated rings. The average molecular weight is 300 g/mol. The van der Waals surface area contributed by atoms with Crippen molar-refractivity contribution >= 4 is 11.8 Å². The van der Waals surface area contributed by atoms with Crippen LogP contribution in [0.5, 0.6) is 0 Å². The molecule has 1 unspecified atom stereocenters. The molecule has 4 heteroatoms. The van der Waals surface area contributed by atoms with E-state index in [0.717, 1.165) is 19.3 Å². The van der Waals surface area contributed by atoms with Crippen molar-refractivity contribution in [1.29, 1.82) is 0 Å². The molecule has 0 saturated carbocycles. The zero-order valence-corrected chi connectivity index (χ0v) is 14.0. The summed E-state index contributed by atoms with van der Waals surface area (Å²) in [6.45, 7) is 6.11. The van der Waals surface area contributed by atoms with Crippen molar-refractivity contribution < 1.29 is 19.4 Å². The second-order valence-corrected chi connectivity index (χ2v) is 5.51. The van der Waals surface area contributed by atoms with Crippen molar-refractivity contribution in [2.75, 3.05) is 6.61 Å². The monoisotopic (exact) mass is 300 g/mol. The zero-order chi connectivity index (χ0) is 15.9. The largest absolute Gasteiger partial charge is 0.408 e. The minimum atomic E-state index is -0.858. The molecule has 0 aliphatic heterocycles. The van der Waals surface area contributed by atoms with Crippen molar-refractivity contribution in [3.63, 3.8) is 0 Å². The minimum Gasteiger partial charge on any atom is -0.289 e. The number of carbonyl (C=O) groups is 2. The van der Waals surface area contributed by atoms with E-state index in [1.54, 1.807) is 6.92 Å². The summed E-state index contributed by atoms with van der Waals surface area (Å²) in [7, 11) is 0. The Labute approximate surface area is 129 Å². The molecule has 0 saturated heterocycles. The van der Waals surface area contributed by atoms with Crippen LogP contribution in [0.3, 0.4) is 0 Å². The van der Waals surface area contributed by atoms with Crippen LogP contribution < -0.4 is 0 Å². The van der Waals surface area contributed by atoms with Crippen LogP contribution in [-0.2, 0) is 19.4 Å². The number of hydrogen-bond donors (Lipinski definition) is 0. The molecule has 4 nitrogen and oxygen atoms in total. The van der Waals surface area contributed by atoms with Gasteiger partial charge in [-0.25, -0.2) is 4.79 Å². The normalized spacial score (nSPS) is 12.1. The number of Topliss-reactive ketones (excluding diaryl/α,β-unsaturated/α-hetero) is 1. The summed E-state index contributed by atoms with van der Waals surface area (Å²) in [5, 5.41) is 0. The highest BCUT2D eigenvalue weighted by molar-refractivity contribution is 6.34. The van der Waals surface area contributed by atoms with Gasteiger partial charge in [0.2, 0.25) is 5.78 Å². The summed E-state index contributed by atoms with van der Waals surface area (Å²) < 4.78 is 0. The number of rotatable bonds is 14. The van der Waals surface area contributed by atoms with E-state index in [1.165, 1.54) is 38.5 Å². The maximum absolute atomic E-state index is 11.9. The molecule has 0 aromatic carbocycles. The molecule has 0 heterocycles. The maximum atomic E-state index is 11.9. The lowest BCUT2D eigenvalue weighted by Gasteiger charge is -2.12. The van der Waals surface area contributed by atoms with Crippen LogP contribution in [0.4, 0.5) is 0 Å². The first-order chi connectivity index (χ1) is 10.2. The smallest absolute Gasteiger partial charge is 0.289 e. The highest BCUT2D eigenvalue weighted by atomic mass is 17.2. The number of ketones is 1. The van der Waals surface area contributed by atoms with E-state index in [4.69, 9.17) is 0 Å². The Kier molecular flexibility index (Phi) is 13.5. The molecule has 21 heavy (non-hydrogen) atoms. The van der Waals surface area contributed by atoms with Crippen molar-refractivity contribution in [2.24, 2.45) is 5.92 Å². The van der Waals surface area contributed by atoms with E-state index in [9.17, 15) is 9.59 Å². The summed E-state index contributed by atoms with van der Waals surface area (Å²) in [6.07, 6.45) is 11.3. The van der Waals surface area contributed by atoms with Gasteiger partial charge in [0.25, 0.3) is 0 Å². The average Bonchev–Trinajstić information content (AvgIpc) is 2.50. The van der Waals surface area contributed by atoms with Gasteiger partial charge in [0.05, 0.1) is 6.61 Å². The van der Waals surface area contributed by atoms with Crippen molar-refractivity contribution in [3.05, 3.63) is 0 Å². The third-order valence-electron chi connectivity index (χ3n) is 3.72. The first kappa shape index (κ1) is 20.1. The number of carbonyl (C=O) groups excluding carboxylic acids is 2. The standard InChI is InChI=1S/C17H32O4/c1-4-7-8-9-10-11-12-13-14-15(5-2)16(18)17(19)21-20-6-3/h15H,4-14H2,1-3H3. The van der Waals surface area contributed by atoms with E-state index in [2.05, 4.69) is 16.7 Å². The molecule has 0 aliphatic rings. The summed E-state index contributed by atoms with van der Waals surface area (Å²) >= 11 is 0. The Balaban J connectivity index is 3.74. The Morgan fingerprint density at radius 3 is 1.95 bits per heavy atom. The fourth-order valence-electron chi connectivity index (χ4n) is 2.37. The fraction of sp³-hybridized carbons (Fsp3) is 0.882. The molecule has 124 valence electrons. The predicted octanol–water partition coefficient (Wildman–Crippen LogP) is 4.61. The van der Waals surface area contributed by atoms with Crippen LogP contribution >= 0.6 is 0 Å². The van der Waals surface area contributed by atoms with E-state index in [0.29, 0.717) is 6.42 Å². The molecular weight excluding hydrogens is 268 g/mol. The van der Waals surface area contributed by atoms with E-state index in [-0.39, 0.29) is 12.5 Å². The van der Waals surface area contributed by atoms with Gasteiger partial charge in [-0.1, -0.05) is 65.2 Å². The summed E-state index contributed by atoms with van der Waals surface area (Å²) in [5.41, 5.74) is 0. The van der Waals surface area contributed by atoms with Gasteiger partial charge in [-0.05, 0) is 19.8 Å². The lowest BCUT2D eigenvalue weighted by Crippen LogP contribution is -2.25. The molecular formula is C17H32O4. The number of unbranched alkanes of at least 4 members (excludes halogenated alkanes) is 7. The van der Waals surface area contributed by atoms with Crippen molar-refractivity contribution in [3.8, 4) is 0 Å². The van der Waals surface area contributed by atoms with Crippen LogP contribution in [0.1, 0.15) is 85.0 Å². The molecule has 0 aliphatic carbocycles. The van der Waals surface area contributed by atoms with Crippen LogP contribution in [0, 0.1) is 5.92 Å². The van der Waals surface area contributed by atoms with Crippen LogP contribution in [0.2, 0.25) is 0 Å². The Morgan fingerprint density at radius 1 is 0.857 bits per heavy atom. The van der Waals surface area contributed by atoms with Crippen molar-refractivity contribution in [2.45, 2.75) is 85.0 Å². The predicted molar refractivity (Wildman–Crippen MR) is 83.7 cm³/mol. The van der Waals surface area contributed by atoms with E-state index >= 15 is 0 Å². The minimum absolute atomic E-state index is 0.224. The molecule has 0 radical (unpaired) electrons. The molecule has 0 aromatic heterocycles. The first-order valence-electron chi connectivity index (χ1n) is 8.54. The molecule has 0 aromatic rings. The third-order valence-corrected chi connectivity index (χ3v) is 3.72. The summed E-state index contributed by atoms with van der Waals surface area (Å²) in [6, 6.07) is 0. The highest BCUT2D eigenvalue weighted by Gasteiger charge is 2.25. The molecule has 0 amide bonds. The second-order valence-electron chi connectivity index (χ2n) is 5.51. The van der Waals surface area contributed by atoms with E-state index in [1.807, 2.05) is 6.92 Å². The van der Waals surface area contributed by atoms with Gasteiger partial charge in [-0.3, -0.25) is 9.68 Å². The topological polar surface area (TPSA) is 52.6 Å². The van der Waals surface area contributed by atoms with Gasteiger partial charge < -0.3 is 0 Å². The SMILES string of the molecule is CCCCCCCCCCC(CC)C(=O)C(=O)OOCC. The van der Waals surface area contributed by atoms with Crippen LogP contribution in [0.15, 0.2) is 0 Å².